The van der Waals surface area contributed by atoms with Gasteiger partial charge in [-0.25, -0.2) is 0 Å². The number of hydrogen-bond donors (Lipinski definition) is 0. The fourth-order valence-corrected chi connectivity index (χ4v) is 3.67. The number of carbonyl (C=O) groups excluding carboxylic acids is 2. The quantitative estimate of drug-likeness (QED) is 0.119. The van der Waals surface area contributed by atoms with Crippen LogP contribution in [0.25, 0.3) is 0 Å². The van der Waals surface area contributed by atoms with Crippen molar-refractivity contribution in [1.82, 2.24) is 0 Å². The van der Waals surface area contributed by atoms with Crippen LogP contribution in [-0.2, 0) is 19.1 Å². The third kappa shape index (κ3) is 23.4. The second-order valence-electron chi connectivity index (χ2n) is 9.22. The molecule has 0 aliphatic rings. The molecule has 0 saturated carbocycles. The van der Waals surface area contributed by atoms with Gasteiger partial charge >= 0.3 is 11.9 Å². The number of esters is 2. The maximum atomic E-state index is 11.6. The lowest BCUT2D eigenvalue weighted by molar-refractivity contribution is -0.144. The number of ether oxygens (including phenoxy) is 2. The summed E-state index contributed by atoms with van der Waals surface area (Å²) >= 11 is 0. The summed E-state index contributed by atoms with van der Waals surface area (Å²) in [4.78, 5) is 23.1. The summed E-state index contributed by atoms with van der Waals surface area (Å²) in [5.41, 5.74) is 0. The van der Waals surface area contributed by atoms with Gasteiger partial charge in [0.2, 0.25) is 0 Å². The van der Waals surface area contributed by atoms with Gasteiger partial charge in [-0.05, 0) is 31.6 Å². The summed E-state index contributed by atoms with van der Waals surface area (Å²) in [6.07, 6.45) is 21.4. The predicted octanol–water partition coefficient (Wildman–Crippen LogP) is 8.16. The highest BCUT2D eigenvalue weighted by Gasteiger charge is 2.07. The van der Waals surface area contributed by atoms with E-state index in [1.165, 1.54) is 64.2 Å². The molecule has 0 aromatic carbocycles. The van der Waals surface area contributed by atoms with Crippen LogP contribution in [0.2, 0.25) is 0 Å². The van der Waals surface area contributed by atoms with E-state index in [0.29, 0.717) is 32.0 Å². The highest BCUT2D eigenvalue weighted by molar-refractivity contribution is 5.69. The zero-order valence-corrected chi connectivity index (χ0v) is 21.1. The van der Waals surface area contributed by atoms with Crippen molar-refractivity contribution in [2.24, 2.45) is 5.92 Å². The van der Waals surface area contributed by atoms with E-state index in [1.807, 2.05) is 0 Å². The van der Waals surface area contributed by atoms with Crippen molar-refractivity contribution in [3.63, 3.8) is 0 Å². The molecule has 4 heteroatoms. The molecule has 0 aliphatic carbocycles. The van der Waals surface area contributed by atoms with Crippen molar-refractivity contribution < 1.29 is 19.1 Å². The van der Waals surface area contributed by atoms with Gasteiger partial charge in [0.05, 0.1) is 13.2 Å². The fraction of sp³-hybridized carbons (Fsp3) is 0.926. The molecule has 4 nitrogen and oxygen atoms in total. The Morgan fingerprint density at radius 3 is 1.45 bits per heavy atom. The summed E-state index contributed by atoms with van der Waals surface area (Å²) in [7, 11) is 0. The van der Waals surface area contributed by atoms with E-state index < -0.39 is 0 Å². The number of rotatable bonds is 23. The average molecular weight is 441 g/mol. The van der Waals surface area contributed by atoms with Crippen LogP contribution in [-0.4, -0.2) is 25.2 Å². The van der Waals surface area contributed by atoms with Crippen LogP contribution >= 0.6 is 0 Å². The molecule has 0 rings (SSSR count). The van der Waals surface area contributed by atoms with Crippen molar-refractivity contribution in [2.45, 2.75) is 143 Å². The molecule has 0 fully saturated rings. The average Bonchev–Trinajstić information content (AvgIpc) is 2.76. The van der Waals surface area contributed by atoms with Crippen molar-refractivity contribution >= 4 is 11.9 Å². The first-order valence-electron chi connectivity index (χ1n) is 13.4. The number of carbonyl (C=O) groups is 2. The molecular formula is C27H52O4. The summed E-state index contributed by atoms with van der Waals surface area (Å²) in [5, 5.41) is 0. The Morgan fingerprint density at radius 1 is 0.548 bits per heavy atom. The zero-order valence-electron chi connectivity index (χ0n) is 21.1. The van der Waals surface area contributed by atoms with Crippen molar-refractivity contribution in [3.8, 4) is 0 Å². The van der Waals surface area contributed by atoms with Gasteiger partial charge in [0.25, 0.3) is 0 Å². The maximum Gasteiger partial charge on any atom is 0.305 e. The van der Waals surface area contributed by atoms with E-state index in [2.05, 4.69) is 20.8 Å². The Hall–Kier alpha value is -1.06. The summed E-state index contributed by atoms with van der Waals surface area (Å²) in [6, 6.07) is 0. The summed E-state index contributed by atoms with van der Waals surface area (Å²) in [5.74, 6) is 0.579. The molecule has 0 N–H and O–H groups in total. The van der Waals surface area contributed by atoms with Gasteiger partial charge in [-0.1, -0.05) is 104 Å². The molecule has 0 heterocycles. The molecule has 0 aromatic rings. The normalized spacial score (nSPS) is 12.0. The van der Waals surface area contributed by atoms with E-state index in [4.69, 9.17) is 9.47 Å². The van der Waals surface area contributed by atoms with Crippen LogP contribution in [0.15, 0.2) is 0 Å². The lowest BCUT2D eigenvalue weighted by atomic mass is 9.97. The number of unbranched alkanes of at least 4 members (excludes halogenated alkanes) is 12. The summed E-state index contributed by atoms with van der Waals surface area (Å²) < 4.78 is 10.4. The van der Waals surface area contributed by atoms with Crippen molar-refractivity contribution in [3.05, 3.63) is 0 Å². The Morgan fingerprint density at radius 2 is 0.968 bits per heavy atom. The lowest BCUT2D eigenvalue weighted by Crippen LogP contribution is -2.07. The van der Waals surface area contributed by atoms with E-state index in [0.717, 1.165) is 44.9 Å². The molecular weight excluding hydrogens is 388 g/mol. The van der Waals surface area contributed by atoms with Gasteiger partial charge in [0, 0.05) is 12.8 Å². The summed E-state index contributed by atoms with van der Waals surface area (Å²) in [6.45, 7) is 7.64. The Kier molecular flexibility index (Phi) is 22.8. The predicted molar refractivity (Wildman–Crippen MR) is 130 cm³/mol. The topological polar surface area (TPSA) is 52.6 Å². The highest BCUT2D eigenvalue weighted by Crippen LogP contribution is 2.17. The molecule has 1 atom stereocenters. The van der Waals surface area contributed by atoms with E-state index >= 15 is 0 Å². The van der Waals surface area contributed by atoms with Gasteiger partial charge in [0.1, 0.15) is 0 Å². The second-order valence-corrected chi connectivity index (χ2v) is 9.22. The minimum Gasteiger partial charge on any atom is -0.466 e. The Balaban J connectivity index is 3.27. The largest absolute Gasteiger partial charge is 0.466 e. The highest BCUT2D eigenvalue weighted by atomic mass is 16.5. The van der Waals surface area contributed by atoms with Crippen LogP contribution < -0.4 is 0 Å². The zero-order chi connectivity index (χ0) is 23.0. The molecule has 0 bridgehead atoms. The molecule has 0 spiro atoms. The molecule has 0 radical (unpaired) electrons. The standard InChI is InChI=1S/C27H52O4/c1-4-6-23-30-26(28)20-18-16-14-12-10-8-9-11-13-15-17-19-25(3)21-22-27(29)31-24-7-5-2/h25H,4-24H2,1-3H3. The minimum atomic E-state index is -0.0229. The fourth-order valence-electron chi connectivity index (χ4n) is 3.67. The monoisotopic (exact) mass is 440 g/mol. The van der Waals surface area contributed by atoms with Crippen LogP contribution in [0.5, 0.6) is 0 Å². The van der Waals surface area contributed by atoms with Crippen LogP contribution in [0.3, 0.4) is 0 Å². The molecule has 0 aliphatic heterocycles. The molecule has 1 unspecified atom stereocenters. The maximum absolute atomic E-state index is 11.6. The van der Waals surface area contributed by atoms with Gasteiger partial charge in [-0.15, -0.1) is 0 Å². The van der Waals surface area contributed by atoms with Gasteiger partial charge in [-0.2, -0.15) is 0 Å². The third-order valence-corrected chi connectivity index (χ3v) is 5.94. The first kappa shape index (κ1) is 29.9. The molecule has 0 aromatic heterocycles. The van der Waals surface area contributed by atoms with E-state index in [-0.39, 0.29) is 11.9 Å². The van der Waals surface area contributed by atoms with Crippen molar-refractivity contribution in [2.75, 3.05) is 13.2 Å². The van der Waals surface area contributed by atoms with E-state index in [9.17, 15) is 9.59 Å². The SMILES string of the molecule is CCCCOC(=O)CCCCCCCCCCCCCC(C)CCC(=O)OCCCC. The molecule has 184 valence electrons. The molecule has 31 heavy (non-hydrogen) atoms. The smallest absolute Gasteiger partial charge is 0.305 e. The van der Waals surface area contributed by atoms with Crippen LogP contribution in [0.1, 0.15) is 143 Å². The van der Waals surface area contributed by atoms with Gasteiger partial charge < -0.3 is 9.47 Å². The molecule has 0 saturated heterocycles. The van der Waals surface area contributed by atoms with Gasteiger partial charge in [-0.3, -0.25) is 9.59 Å². The Bertz CT molecular complexity index is 408. The van der Waals surface area contributed by atoms with Gasteiger partial charge in [0.15, 0.2) is 0 Å². The second kappa shape index (κ2) is 23.6. The van der Waals surface area contributed by atoms with Crippen LogP contribution in [0, 0.1) is 5.92 Å². The first-order chi connectivity index (χ1) is 15.1. The third-order valence-electron chi connectivity index (χ3n) is 5.94. The first-order valence-corrected chi connectivity index (χ1v) is 13.4. The van der Waals surface area contributed by atoms with Crippen molar-refractivity contribution in [1.29, 1.82) is 0 Å². The minimum absolute atomic E-state index is 0.0206. The van der Waals surface area contributed by atoms with E-state index in [1.54, 1.807) is 0 Å². The lowest BCUT2D eigenvalue weighted by Gasteiger charge is -2.11. The molecule has 0 amide bonds. The number of hydrogen-bond acceptors (Lipinski definition) is 4. The Labute approximate surface area is 193 Å². The van der Waals surface area contributed by atoms with Crippen LogP contribution in [0.4, 0.5) is 0 Å².